The minimum absolute atomic E-state index is 0.0272. The highest BCUT2D eigenvalue weighted by molar-refractivity contribution is 5.99. The van der Waals surface area contributed by atoms with Gasteiger partial charge in [-0.3, -0.25) is 14.4 Å². The number of aryl methyl sites for hydroxylation is 1. The maximum Gasteiger partial charge on any atom is 0.303 e. The monoisotopic (exact) mass is 484 g/mol. The normalized spacial score (nSPS) is 19.2. The number of likely N-dealkylation sites (N-methyl/N-ethyl adjacent to an activating group) is 1. The summed E-state index contributed by atoms with van der Waals surface area (Å²) in [7, 11) is 3.74. The van der Waals surface area contributed by atoms with Gasteiger partial charge in [0, 0.05) is 62.8 Å². The van der Waals surface area contributed by atoms with Gasteiger partial charge >= 0.3 is 11.9 Å². The first-order chi connectivity index (χ1) is 16.8. The van der Waals surface area contributed by atoms with Crippen molar-refractivity contribution in [1.82, 2.24) is 9.47 Å². The minimum Gasteiger partial charge on any atom is -0.481 e. The Kier molecular flexibility index (Phi) is 7.79. The average molecular weight is 485 g/mol. The van der Waals surface area contributed by atoms with Gasteiger partial charge in [0.05, 0.1) is 6.04 Å². The van der Waals surface area contributed by atoms with E-state index in [4.69, 9.17) is 14.6 Å². The Hall–Kier alpha value is -2.87. The molecule has 2 aliphatic rings. The Labute approximate surface area is 206 Å². The second-order valence-electron chi connectivity index (χ2n) is 9.97. The summed E-state index contributed by atoms with van der Waals surface area (Å²) < 4.78 is 13.0. The van der Waals surface area contributed by atoms with Crippen molar-refractivity contribution in [3.63, 3.8) is 0 Å². The van der Waals surface area contributed by atoms with Crippen LogP contribution in [0.1, 0.15) is 60.6 Å². The fourth-order valence-corrected chi connectivity index (χ4v) is 5.79. The molecule has 35 heavy (non-hydrogen) atoms. The number of carboxylic acids is 1. The van der Waals surface area contributed by atoms with E-state index in [0.29, 0.717) is 17.4 Å². The van der Waals surface area contributed by atoms with Gasteiger partial charge in [0.15, 0.2) is 0 Å². The van der Waals surface area contributed by atoms with Gasteiger partial charge in [-0.1, -0.05) is 0 Å². The van der Waals surface area contributed by atoms with Gasteiger partial charge in [0.1, 0.15) is 6.61 Å². The molecule has 1 N–H and O–H groups in total. The SMILES string of the molecule is CC(=O)OCC(CCC(=O)O)N(C)C(=O)c1ccc2c(c1)c1c(n2C)CC[C@@H](C2CCOCC2)C1. The lowest BCUT2D eigenvalue weighted by molar-refractivity contribution is -0.142. The number of carbonyl (C=O) groups excluding carboxylic acids is 2. The summed E-state index contributed by atoms with van der Waals surface area (Å²) in [6, 6.07) is 5.32. The lowest BCUT2D eigenvalue weighted by Crippen LogP contribution is -2.40. The Balaban J connectivity index is 1.59. The van der Waals surface area contributed by atoms with Crippen LogP contribution < -0.4 is 0 Å². The molecule has 0 saturated carbocycles. The molecule has 4 rings (SSSR count). The molecular formula is C27H36N2O6. The topological polar surface area (TPSA) is 98.1 Å². The van der Waals surface area contributed by atoms with Crippen molar-refractivity contribution in [2.45, 2.75) is 57.9 Å². The lowest BCUT2D eigenvalue weighted by atomic mass is 9.75. The van der Waals surface area contributed by atoms with Crippen molar-refractivity contribution >= 4 is 28.7 Å². The molecule has 1 fully saturated rings. The van der Waals surface area contributed by atoms with Crippen LogP contribution in [0.3, 0.4) is 0 Å². The number of hydrogen-bond donors (Lipinski definition) is 1. The van der Waals surface area contributed by atoms with E-state index in [1.54, 1.807) is 7.05 Å². The first-order valence-electron chi connectivity index (χ1n) is 12.6. The number of aromatic nitrogens is 1. The molecule has 2 aromatic rings. The molecule has 8 heteroatoms. The molecule has 1 amide bonds. The number of carbonyl (C=O) groups is 3. The molecule has 1 saturated heterocycles. The number of hydrogen-bond acceptors (Lipinski definition) is 5. The number of nitrogens with zero attached hydrogens (tertiary/aromatic N) is 2. The molecule has 0 bridgehead atoms. The summed E-state index contributed by atoms with van der Waals surface area (Å²) in [5, 5.41) is 10.2. The van der Waals surface area contributed by atoms with Crippen LogP contribution in [0.2, 0.25) is 0 Å². The maximum absolute atomic E-state index is 13.4. The van der Waals surface area contributed by atoms with Crippen LogP contribution in [0.25, 0.3) is 10.9 Å². The fraction of sp³-hybridized carbons (Fsp3) is 0.593. The van der Waals surface area contributed by atoms with Crippen LogP contribution in [0.4, 0.5) is 0 Å². The second kappa shape index (κ2) is 10.8. The van der Waals surface area contributed by atoms with Crippen LogP contribution >= 0.6 is 0 Å². The molecule has 0 radical (unpaired) electrons. The first-order valence-corrected chi connectivity index (χ1v) is 12.6. The molecule has 1 aromatic carbocycles. The zero-order valence-corrected chi connectivity index (χ0v) is 20.9. The van der Waals surface area contributed by atoms with E-state index in [1.807, 2.05) is 18.2 Å². The molecule has 190 valence electrons. The Morgan fingerprint density at radius 2 is 1.94 bits per heavy atom. The van der Waals surface area contributed by atoms with Gasteiger partial charge < -0.3 is 24.0 Å². The largest absolute Gasteiger partial charge is 0.481 e. The number of carboxylic acid groups (broad SMARTS) is 1. The molecule has 0 spiro atoms. The smallest absolute Gasteiger partial charge is 0.303 e. The summed E-state index contributed by atoms with van der Waals surface area (Å²) in [5.41, 5.74) is 4.40. The van der Waals surface area contributed by atoms with Gasteiger partial charge in [0.25, 0.3) is 5.91 Å². The van der Waals surface area contributed by atoms with Gasteiger partial charge in [-0.25, -0.2) is 0 Å². The van der Waals surface area contributed by atoms with Crippen LogP contribution in [-0.2, 0) is 39.0 Å². The van der Waals surface area contributed by atoms with Gasteiger partial charge in [-0.2, -0.15) is 0 Å². The van der Waals surface area contributed by atoms with Crippen molar-refractivity contribution in [1.29, 1.82) is 0 Å². The third-order valence-corrected chi connectivity index (χ3v) is 7.87. The lowest BCUT2D eigenvalue weighted by Gasteiger charge is -2.33. The summed E-state index contributed by atoms with van der Waals surface area (Å²) in [5.74, 6) is -0.274. The predicted octanol–water partition coefficient (Wildman–Crippen LogP) is 3.58. The van der Waals surface area contributed by atoms with Crippen molar-refractivity contribution in [2.75, 3.05) is 26.9 Å². The van der Waals surface area contributed by atoms with Crippen LogP contribution in [0.15, 0.2) is 18.2 Å². The quantitative estimate of drug-likeness (QED) is 0.575. The summed E-state index contributed by atoms with van der Waals surface area (Å²) >= 11 is 0. The van der Waals surface area contributed by atoms with E-state index in [-0.39, 0.29) is 25.4 Å². The number of ether oxygens (including phenoxy) is 2. The standard InChI is InChI=1S/C27H36N2O6/c1-17(30)35-16-21(6-9-26(31)32)28(2)27(33)20-5-8-25-23(15-20)22-14-19(4-7-24(22)29(25)3)18-10-12-34-13-11-18/h5,8,15,18-19,21H,4,6-7,9-14,16H2,1-3H3,(H,31,32)/t19-,21?/m1/s1. The number of esters is 1. The summed E-state index contributed by atoms with van der Waals surface area (Å²) in [6.45, 7) is 2.98. The Morgan fingerprint density at radius 1 is 1.20 bits per heavy atom. The molecule has 1 aliphatic heterocycles. The first kappa shape index (κ1) is 25.2. The Bertz CT molecular complexity index is 1080. The number of aliphatic carboxylic acids is 1. The van der Waals surface area contributed by atoms with E-state index in [0.717, 1.165) is 49.8 Å². The summed E-state index contributed by atoms with van der Waals surface area (Å²) in [6.07, 6.45) is 5.61. The third-order valence-electron chi connectivity index (χ3n) is 7.87. The van der Waals surface area contributed by atoms with Crippen LogP contribution in [-0.4, -0.2) is 65.3 Å². The molecule has 2 heterocycles. The molecule has 8 nitrogen and oxygen atoms in total. The van der Waals surface area contributed by atoms with E-state index in [2.05, 4.69) is 11.6 Å². The van der Waals surface area contributed by atoms with Crippen molar-refractivity contribution in [3.8, 4) is 0 Å². The van der Waals surface area contributed by atoms with Gasteiger partial charge in [0.2, 0.25) is 0 Å². The number of rotatable bonds is 8. The Morgan fingerprint density at radius 3 is 2.63 bits per heavy atom. The fourth-order valence-electron chi connectivity index (χ4n) is 5.79. The third kappa shape index (κ3) is 5.53. The zero-order chi connectivity index (χ0) is 25.1. The molecule has 1 aliphatic carbocycles. The highest BCUT2D eigenvalue weighted by Gasteiger charge is 2.31. The maximum atomic E-state index is 13.4. The number of benzene rings is 1. The number of amides is 1. The van der Waals surface area contributed by atoms with E-state index < -0.39 is 18.0 Å². The summed E-state index contributed by atoms with van der Waals surface area (Å²) in [4.78, 5) is 37.4. The number of fused-ring (bicyclic) bond motifs is 3. The van der Waals surface area contributed by atoms with E-state index in [9.17, 15) is 14.4 Å². The van der Waals surface area contributed by atoms with Gasteiger partial charge in [-0.15, -0.1) is 0 Å². The van der Waals surface area contributed by atoms with E-state index >= 15 is 0 Å². The van der Waals surface area contributed by atoms with E-state index in [1.165, 1.54) is 29.5 Å². The molecule has 1 unspecified atom stereocenters. The van der Waals surface area contributed by atoms with Crippen molar-refractivity contribution in [2.24, 2.45) is 18.9 Å². The second-order valence-corrected chi connectivity index (χ2v) is 9.97. The average Bonchev–Trinajstić information content (AvgIpc) is 3.14. The molecule has 2 atom stereocenters. The predicted molar refractivity (Wildman–Crippen MR) is 131 cm³/mol. The zero-order valence-electron chi connectivity index (χ0n) is 20.9. The van der Waals surface area contributed by atoms with Gasteiger partial charge in [-0.05, 0) is 74.1 Å². The van der Waals surface area contributed by atoms with Crippen LogP contribution in [0, 0.1) is 11.8 Å². The van der Waals surface area contributed by atoms with Crippen LogP contribution in [0.5, 0.6) is 0 Å². The van der Waals surface area contributed by atoms with Crippen molar-refractivity contribution in [3.05, 3.63) is 35.0 Å². The van der Waals surface area contributed by atoms with Crippen molar-refractivity contribution < 1.29 is 29.0 Å². The highest BCUT2D eigenvalue weighted by Crippen LogP contribution is 2.39. The molecule has 1 aromatic heterocycles. The highest BCUT2D eigenvalue weighted by atomic mass is 16.5. The molecular weight excluding hydrogens is 448 g/mol. The minimum atomic E-state index is -0.949.